The van der Waals surface area contributed by atoms with E-state index in [4.69, 9.17) is 13.9 Å². The van der Waals surface area contributed by atoms with E-state index < -0.39 is 11.6 Å². The number of amides is 1. The number of benzene rings is 1. The second kappa shape index (κ2) is 9.11. The van der Waals surface area contributed by atoms with Crippen molar-refractivity contribution in [2.24, 2.45) is 11.8 Å². The van der Waals surface area contributed by atoms with Crippen LogP contribution >= 0.6 is 0 Å². The molecule has 0 bridgehead atoms. The van der Waals surface area contributed by atoms with Crippen LogP contribution in [-0.2, 0) is 14.3 Å². The van der Waals surface area contributed by atoms with Crippen molar-refractivity contribution >= 4 is 22.8 Å². The Labute approximate surface area is 169 Å². The van der Waals surface area contributed by atoms with E-state index in [-0.39, 0.29) is 25.2 Å². The SMILES string of the molecule is Cc1cc(=O)oc2cc(OCC(=O)OCC(=O)N[C@H]3CCC[C@H](C)[C@@H]3C)ccc12. The van der Waals surface area contributed by atoms with Crippen LogP contribution < -0.4 is 15.7 Å². The van der Waals surface area contributed by atoms with Gasteiger partial charge in [-0.25, -0.2) is 9.59 Å². The highest BCUT2D eigenvalue weighted by molar-refractivity contribution is 5.82. The first-order valence-corrected chi connectivity index (χ1v) is 9.96. The van der Waals surface area contributed by atoms with Crippen molar-refractivity contribution < 1.29 is 23.5 Å². The van der Waals surface area contributed by atoms with Crippen molar-refractivity contribution in [3.8, 4) is 5.75 Å². The van der Waals surface area contributed by atoms with E-state index in [2.05, 4.69) is 19.2 Å². The average Bonchev–Trinajstić information content (AvgIpc) is 2.68. The van der Waals surface area contributed by atoms with Gasteiger partial charge in [0.2, 0.25) is 0 Å². The first-order chi connectivity index (χ1) is 13.8. The molecule has 1 aromatic carbocycles. The lowest BCUT2D eigenvalue weighted by Gasteiger charge is -2.34. The molecule has 29 heavy (non-hydrogen) atoms. The fourth-order valence-corrected chi connectivity index (χ4v) is 3.76. The fourth-order valence-electron chi connectivity index (χ4n) is 3.76. The monoisotopic (exact) mass is 401 g/mol. The quantitative estimate of drug-likeness (QED) is 0.591. The second-order valence-electron chi connectivity index (χ2n) is 7.80. The van der Waals surface area contributed by atoms with Gasteiger partial charge in [0.25, 0.3) is 5.91 Å². The number of ether oxygens (including phenoxy) is 2. The summed E-state index contributed by atoms with van der Waals surface area (Å²) >= 11 is 0. The van der Waals surface area contributed by atoms with Gasteiger partial charge in [0, 0.05) is 23.6 Å². The molecule has 7 nitrogen and oxygen atoms in total. The van der Waals surface area contributed by atoms with E-state index in [0.29, 0.717) is 23.2 Å². The number of nitrogens with one attached hydrogen (secondary N) is 1. The van der Waals surface area contributed by atoms with Gasteiger partial charge >= 0.3 is 11.6 Å². The number of rotatable bonds is 6. The summed E-state index contributed by atoms with van der Waals surface area (Å²) in [6.07, 6.45) is 3.22. The normalized spacial score (nSPS) is 21.6. The topological polar surface area (TPSA) is 94.8 Å². The van der Waals surface area contributed by atoms with Crippen molar-refractivity contribution in [2.45, 2.75) is 46.1 Å². The van der Waals surface area contributed by atoms with E-state index in [1.165, 1.54) is 12.5 Å². The van der Waals surface area contributed by atoms with Gasteiger partial charge in [-0.05, 0) is 42.9 Å². The Morgan fingerprint density at radius 1 is 1.17 bits per heavy atom. The van der Waals surface area contributed by atoms with Gasteiger partial charge in [-0.3, -0.25) is 4.79 Å². The van der Waals surface area contributed by atoms with Gasteiger partial charge in [0.05, 0.1) is 0 Å². The van der Waals surface area contributed by atoms with E-state index in [0.717, 1.165) is 23.8 Å². The zero-order chi connectivity index (χ0) is 21.0. The molecule has 1 aromatic heterocycles. The molecule has 2 aromatic rings. The lowest BCUT2D eigenvalue weighted by molar-refractivity contribution is -0.150. The maximum atomic E-state index is 12.1. The molecule has 0 aliphatic heterocycles. The second-order valence-corrected chi connectivity index (χ2v) is 7.80. The number of hydrogen-bond donors (Lipinski definition) is 1. The molecule has 1 amide bonds. The van der Waals surface area contributed by atoms with E-state index in [1.807, 2.05) is 6.92 Å². The number of hydrogen-bond acceptors (Lipinski definition) is 6. The highest BCUT2D eigenvalue weighted by Gasteiger charge is 2.28. The molecule has 0 unspecified atom stereocenters. The molecular weight excluding hydrogens is 374 g/mol. The van der Waals surface area contributed by atoms with Crippen LogP contribution in [0.25, 0.3) is 11.0 Å². The minimum absolute atomic E-state index is 0.122. The van der Waals surface area contributed by atoms with Crippen LogP contribution in [0, 0.1) is 18.8 Å². The number of fused-ring (bicyclic) bond motifs is 1. The molecule has 0 spiro atoms. The predicted octanol–water partition coefficient (Wildman–Crippen LogP) is 2.96. The third-order valence-electron chi connectivity index (χ3n) is 5.70. The number of carbonyl (C=O) groups excluding carboxylic acids is 2. The fraction of sp³-hybridized carbons (Fsp3) is 0.500. The molecule has 7 heteroatoms. The molecule has 1 heterocycles. The van der Waals surface area contributed by atoms with Crippen LogP contribution in [-0.4, -0.2) is 31.1 Å². The lowest BCUT2D eigenvalue weighted by Crippen LogP contribution is -2.45. The summed E-state index contributed by atoms with van der Waals surface area (Å²) in [5.74, 6) is 0.407. The first kappa shape index (κ1) is 20.9. The minimum atomic E-state index is -0.643. The average molecular weight is 401 g/mol. The van der Waals surface area contributed by atoms with Crippen LogP contribution in [0.3, 0.4) is 0 Å². The molecule has 0 radical (unpaired) electrons. The third kappa shape index (κ3) is 5.37. The zero-order valence-electron chi connectivity index (χ0n) is 17.0. The van der Waals surface area contributed by atoms with Crippen LogP contribution in [0.4, 0.5) is 0 Å². The van der Waals surface area contributed by atoms with Gasteiger partial charge < -0.3 is 19.2 Å². The molecule has 3 rings (SSSR count). The highest BCUT2D eigenvalue weighted by atomic mass is 16.6. The molecule has 1 fully saturated rings. The third-order valence-corrected chi connectivity index (χ3v) is 5.70. The highest BCUT2D eigenvalue weighted by Crippen LogP contribution is 2.29. The Morgan fingerprint density at radius 2 is 1.97 bits per heavy atom. The van der Waals surface area contributed by atoms with Gasteiger partial charge in [0.1, 0.15) is 11.3 Å². The summed E-state index contributed by atoms with van der Waals surface area (Å²) in [7, 11) is 0. The molecular formula is C22H27NO6. The summed E-state index contributed by atoms with van der Waals surface area (Å²) in [5.41, 5.74) is 0.741. The zero-order valence-corrected chi connectivity index (χ0v) is 17.0. The molecule has 1 N–H and O–H groups in total. The summed E-state index contributed by atoms with van der Waals surface area (Å²) in [6.45, 7) is 5.48. The number of aryl methyl sites for hydroxylation is 1. The molecule has 156 valence electrons. The first-order valence-electron chi connectivity index (χ1n) is 9.96. The minimum Gasteiger partial charge on any atom is -0.482 e. The van der Waals surface area contributed by atoms with Crippen LogP contribution in [0.15, 0.2) is 33.5 Å². The summed E-state index contributed by atoms with van der Waals surface area (Å²) in [6, 6.07) is 6.53. The maximum absolute atomic E-state index is 12.1. The summed E-state index contributed by atoms with van der Waals surface area (Å²) in [4.78, 5) is 35.5. The van der Waals surface area contributed by atoms with E-state index in [1.54, 1.807) is 18.2 Å². The Balaban J connectivity index is 1.47. The smallest absolute Gasteiger partial charge is 0.344 e. The van der Waals surface area contributed by atoms with Crippen molar-refractivity contribution in [3.63, 3.8) is 0 Å². The van der Waals surface area contributed by atoms with Gasteiger partial charge in [-0.15, -0.1) is 0 Å². The number of esters is 1. The van der Waals surface area contributed by atoms with Crippen LogP contribution in [0.1, 0.15) is 38.7 Å². The summed E-state index contributed by atoms with van der Waals surface area (Å²) < 4.78 is 15.6. The Morgan fingerprint density at radius 3 is 2.76 bits per heavy atom. The lowest BCUT2D eigenvalue weighted by atomic mass is 9.78. The molecule has 1 aliphatic carbocycles. The van der Waals surface area contributed by atoms with E-state index in [9.17, 15) is 14.4 Å². The van der Waals surface area contributed by atoms with Crippen molar-refractivity contribution in [1.29, 1.82) is 0 Å². The summed E-state index contributed by atoms with van der Waals surface area (Å²) in [5, 5.41) is 3.75. The van der Waals surface area contributed by atoms with Gasteiger partial charge in [-0.2, -0.15) is 0 Å². The van der Waals surface area contributed by atoms with Crippen molar-refractivity contribution in [3.05, 3.63) is 40.2 Å². The molecule has 0 saturated heterocycles. The van der Waals surface area contributed by atoms with Crippen molar-refractivity contribution in [1.82, 2.24) is 5.32 Å². The van der Waals surface area contributed by atoms with Crippen molar-refractivity contribution in [2.75, 3.05) is 13.2 Å². The Bertz CT molecular complexity index is 950. The Hall–Kier alpha value is -2.83. The maximum Gasteiger partial charge on any atom is 0.344 e. The predicted molar refractivity (Wildman–Crippen MR) is 108 cm³/mol. The Kier molecular flexibility index (Phi) is 6.56. The van der Waals surface area contributed by atoms with Gasteiger partial charge in [-0.1, -0.05) is 26.7 Å². The standard InChI is InChI=1S/C22H27NO6/c1-13-5-4-6-18(15(13)3)23-20(24)11-28-22(26)12-27-16-7-8-17-14(2)9-21(25)29-19(17)10-16/h7-10,13,15,18H,4-6,11-12H2,1-3H3,(H,23,24)/t13-,15-,18-/m0/s1. The van der Waals surface area contributed by atoms with Crippen LogP contribution in [0.2, 0.25) is 0 Å². The van der Waals surface area contributed by atoms with Gasteiger partial charge in [0.15, 0.2) is 13.2 Å². The van der Waals surface area contributed by atoms with E-state index >= 15 is 0 Å². The largest absolute Gasteiger partial charge is 0.482 e. The number of carbonyl (C=O) groups is 2. The molecule has 3 atom stereocenters. The molecule has 1 saturated carbocycles. The molecule has 1 aliphatic rings. The van der Waals surface area contributed by atoms with Crippen LogP contribution in [0.5, 0.6) is 5.75 Å².